The Balaban J connectivity index is 1.67. The van der Waals surface area contributed by atoms with E-state index in [0.29, 0.717) is 0 Å². The predicted molar refractivity (Wildman–Crippen MR) is 114 cm³/mol. The minimum atomic E-state index is -2.22. The van der Waals surface area contributed by atoms with E-state index >= 15 is 0 Å². The van der Waals surface area contributed by atoms with Gasteiger partial charge in [-0.15, -0.1) is 0 Å². The van der Waals surface area contributed by atoms with Gasteiger partial charge < -0.3 is 0 Å². The van der Waals surface area contributed by atoms with Gasteiger partial charge in [0.05, 0.1) is 0 Å². The second kappa shape index (κ2) is 8.56. The maximum atomic E-state index is 2.50. The van der Waals surface area contributed by atoms with Crippen LogP contribution in [-0.2, 0) is 0 Å². The summed E-state index contributed by atoms with van der Waals surface area (Å²) in [6.45, 7) is 4.85. The molecule has 3 rings (SSSR count). The first-order valence-corrected chi connectivity index (χ1v) is 27.9. The van der Waals surface area contributed by atoms with Gasteiger partial charge in [0, 0.05) is 0 Å². The fourth-order valence-corrected chi connectivity index (χ4v) is 91.4. The molecule has 0 N–H and O–H groups in total. The van der Waals surface area contributed by atoms with E-state index in [-0.39, 0.29) is 0 Å². The van der Waals surface area contributed by atoms with Gasteiger partial charge in [0.15, 0.2) is 0 Å². The minimum absolute atomic E-state index is 0.818. The van der Waals surface area contributed by atoms with Crippen molar-refractivity contribution < 1.29 is 0 Å². The molecule has 0 aromatic rings. The third-order valence-corrected chi connectivity index (χ3v) is 60.5. The molecule has 3 unspecified atom stereocenters. The van der Waals surface area contributed by atoms with Gasteiger partial charge in [0.2, 0.25) is 0 Å². The first-order valence-electron chi connectivity index (χ1n) is 7.21. The number of rotatable bonds is 8. The van der Waals surface area contributed by atoms with Gasteiger partial charge in [-0.2, -0.15) is 0 Å². The zero-order chi connectivity index (χ0) is 14.0. The molecule has 3 aliphatic heterocycles. The van der Waals surface area contributed by atoms with Crippen molar-refractivity contribution in [3.05, 3.63) is 0 Å². The van der Waals surface area contributed by atoms with Crippen molar-refractivity contribution in [2.45, 2.75) is 52.1 Å². The first kappa shape index (κ1) is 18.1. The van der Waals surface area contributed by atoms with Crippen molar-refractivity contribution in [3.63, 3.8) is 0 Å². The molecular weight excluding hydrogens is 487 g/mol. The summed E-state index contributed by atoms with van der Waals surface area (Å²) < 4.78 is 2.85. The Kier molecular flexibility index (Phi) is 7.73. The summed E-state index contributed by atoms with van der Waals surface area (Å²) in [7, 11) is 9.93. The van der Waals surface area contributed by atoms with Crippen LogP contribution in [-0.4, -0.2) is 49.1 Å². The van der Waals surface area contributed by atoms with Crippen LogP contribution in [0.2, 0.25) is 0 Å². The fourth-order valence-electron chi connectivity index (χ4n) is 1.86. The predicted octanol–water partition coefficient (Wildman–Crippen LogP) is 6.15. The standard InChI is InChI=1S/3C3H6S2.C3H8S.Sn/c3*4-3-1-2-5-3;1-3(2)4;/h3*3-4H,1-2H2;3-4H,1-2H3;/q;;;;+4/p-4. The Morgan fingerprint density at radius 3 is 1.35 bits per heavy atom. The van der Waals surface area contributed by atoms with E-state index < -0.39 is 12.8 Å². The maximum absolute atomic E-state index is 2.50. The molecular formula is C12H22S7Sn. The summed E-state index contributed by atoms with van der Waals surface area (Å²) in [6, 6.07) is 0. The van der Waals surface area contributed by atoms with Crippen molar-refractivity contribution in [2.24, 2.45) is 0 Å². The van der Waals surface area contributed by atoms with Crippen molar-refractivity contribution in [1.29, 1.82) is 0 Å². The molecule has 0 amide bonds. The van der Waals surface area contributed by atoms with E-state index in [1.807, 2.05) is 0 Å². The third-order valence-electron chi connectivity index (χ3n) is 3.18. The Morgan fingerprint density at radius 2 is 1.15 bits per heavy atom. The molecule has 20 heavy (non-hydrogen) atoms. The molecule has 3 aliphatic rings. The molecule has 3 heterocycles. The van der Waals surface area contributed by atoms with Crippen LogP contribution in [0.15, 0.2) is 0 Å². The van der Waals surface area contributed by atoms with Gasteiger partial charge in [0.25, 0.3) is 0 Å². The second-order valence-electron chi connectivity index (χ2n) is 5.29. The van der Waals surface area contributed by atoms with E-state index in [1.165, 1.54) is 36.5 Å². The summed E-state index contributed by atoms with van der Waals surface area (Å²) >= 11 is 4.46. The zero-order valence-corrected chi connectivity index (χ0v) is 20.5. The van der Waals surface area contributed by atoms with Crippen LogP contribution in [0.1, 0.15) is 33.1 Å². The van der Waals surface area contributed by atoms with Crippen LogP contribution >= 0.6 is 71.1 Å². The van der Waals surface area contributed by atoms with Gasteiger partial charge in [0.1, 0.15) is 0 Å². The molecule has 8 heteroatoms. The van der Waals surface area contributed by atoms with Gasteiger partial charge in [-0.3, -0.25) is 0 Å². The van der Waals surface area contributed by atoms with Gasteiger partial charge in [-0.25, -0.2) is 0 Å². The molecule has 0 aliphatic carbocycles. The molecule has 0 nitrogen and oxygen atoms in total. The van der Waals surface area contributed by atoms with E-state index in [1.54, 1.807) is 0 Å². The van der Waals surface area contributed by atoms with Crippen molar-refractivity contribution in [3.8, 4) is 0 Å². The van der Waals surface area contributed by atoms with Crippen LogP contribution in [0.3, 0.4) is 0 Å². The topological polar surface area (TPSA) is 0 Å². The average molecular weight is 509 g/mol. The molecule has 3 saturated heterocycles. The van der Waals surface area contributed by atoms with Crippen LogP contribution < -0.4 is 0 Å². The molecule has 0 aromatic carbocycles. The molecule has 3 atom stereocenters. The van der Waals surface area contributed by atoms with Gasteiger partial charge >= 0.3 is 153 Å². The monoisotopic (exact) mass is 510 g/mol. The Labute approximate surface area is 151 Å². The van der Waals surface area contributed by atoms with Gasteiger partial charge in [-0.1, -0.05) is 0 Å². The molecule has 0 bridgehead atoms. The zero-order valence-electron chi connectivity index (χ0n) is 11.9. The van der Waals surface area contributed by atoms with Crippen molar-refractivity contribution in [1.82, 2.24) is 0 Å². The first-order chi connectivity index (χ1) is 9.65. The van der Waals surface area contributed by atoms with E-state index in [4.69, 9.17) is 0 Å². The summed E-state index contributed by atoms with van der Waals surface area (Å²) in [4.78, 5) is 0. The van der Waals surface area contributed by atoms with Gasteiger partial charge in [-0.05, 0) is 0 Å². The summed E-state index contributed by atoms with van der Waals surface area (Å²) in [6.07, 6.45) is 4.43. The Bertz CT molecular complexity index is 274. The fraction of sp³-hybridized carbons (Fsp3) is 1.00. The van der Waals surface area contributed by atoms with E-state index in [2.05, 4.69) is 84.9 Å². The molecule has 0 aromatic heterocycles. The van der Waals surface area contributed by atoms with Crippen molar-refractivity contribution >= 4 is 83.9 Å². The second-order valence-corrected chi connectivity index (χ2v) is 51.5. The third kappa shape index (κ3) is 5.12. The van der Waals surface area contributed by atoms with Crippen LogP contribution in [0.25, 0.3) is 0 Å². The molecule has 0 spiro atoms. The molecule has 0 saturated carbocycles. The van der Waals surface area contributed by atoms with Crippen LogP contribution in [0.5, 0.6) is 0 Å². The number of hydrogen-bond acceptors (Lipinski definition) is 7. The van der Waals surface area contributed by atoms with Crippen molar-refractivity contribution in [2.75, 3.05) is 17.3 Å². The van der Waals surface area contributed by atoms with Crippen LogP contribution in [0, 0.1) is 0 Å². The number of hydrogen-bond donors (Lipinski definition) is 0. The SMILES string of the molecule is CC(C)[S][Sn]([S]C1CCS1)([S]C1CCS1)[S]C1CCS1. The summed E-state index contributed by atoms with van der Waals surface area (Å²) in [5.41, 5.74) is 0. The summed E-state index contributed by atoms with van der Waals surface area (Å²) in [5, 5.41) is 0.818. The Morgan fingerprint density at radius 1 is 0.800 bits per heavy atom. The molecule has 116 valence electrons. The Hall–Kier alpha value is 3.25. The van der Waals surface area contributed by atoms with E-state index in [0.717, 1.165) is 19.0 Å². The van der Waals surface area contributed by atoms with E-state index in [9.17, 15) is 0 Å². The average Bonchev–Trinajstić information content (AvgIpc) is 2.23. The quantitative estimate of drug-likeness (QED) is 0.355. The molecule has 0 radical (unpaired) electrons. The van der Waals surface area contributed by atoms with Crippen LogP contribution in [0.4, 0.5) is 0 Å². The number of thioether (sulfide) groups is 3. The molecule has 3 fully saturated rings. The normalized spacial score (nSPS) is 35.9. The summed E-state index contributed by atoms with van der Waals surface area (Å²) in [5.74, 6) is 4.24.